The zero-order valence-corrected chi connectivity index (χ0v) is 9.99. The quantitative estimate of drug-likeness (QED) is 0.854. The molecule has 1 aliphatic carbocycles. The molecule has 4 heteroatoms. The van der Waals surface area contributed by atoms with Gasteiger partial charge < -0.3 is 5.32 Å². The third-order valence-corrected chi connectivity index (χ3v) is 3.75. The number of carbonyl (C=O) groups excluding carboxylic acids is 1. The van der Waals surface area contributed by atoms with Crippen LogP contribution in [0.15, 0.2) is 6.07 Å². The van der Waals surface area contributed by atoms with Gasteiger partial charge in [-0.25, -0.2) is 0 Å². The van der Waals surface area contributed by atoms with E-state index in [9.17, 15) is 4.79 Å². The molecular weight excluding hydrogens is 208 g/mol. The Morgan fingerprint density at radius 3 is 2.93 bits per heavy atom. The Morgan fingerprint density at radius 1 is 1.67 bits per heavy atom. The summed E-state index contributed by atoms with van der Waals surface area (Å²) in [5, 5.41) is 3.74. The summed E-state index contributed by atoms with van der Waals surface area (Å²) in [4.78, 5) is 11.6. The van der Waals surface area contributed by atoms with Gasteiger partial charge in [0.15, 0.2) is 0 Å². The molecule has 1 amide bonds. The molecule has 0 atom stereocenters. The summed E-state index contributed by atoms with van der Waals surface area (Å²) in [6.07, 6.45) is 4.20. The Morgan fingerprint density at radius 2 is 2.40 bits per heavy atom. The van der Waals surface area contributed by atoms with Crippen molar-refractivity contribution in [2.75, 3.05) is 5.32 Å². The maximum absolute atomic E-state index is 11.6. The van der Waals surface area contributed by atoms with Gasteiger partial charge in [-0.1, -0.05) is 6.92 Å². The maximum Gasteiger partial charge on any atom is 0.225 e. The average Bonchev–Trinajstić information content (AvgIpc) is 2.78. The van der Waals surface area contributed by atoms with Crippen LogP contribution in [0.25, 0.3) is 0 Å². The van der Waals surface area contributed by atoms with E-state index in [1.807, 2.05) is 13.0 Å². The lowest BCUT2D eigenvalue weighted by Crippen LogP contribution is -2.11. The fourth-order valence-corrected chi connectivity index (χ4v) is 2.18. The Hall–Kier alpha value is -0.900. The van der Waals surface area contributed by atoms with Crippen LogP contribution in [0.5, 0.6) is 0 Å². The van der Waals surface area contributed by atoms with Gasteiger partial charge in [-0.05, 0) is 49.2 Å². The van der Waals surface area contributed by atoms with Gasteiger partial charge in [0.05, 0.1) is 5.69 Å². The van der Waals surface area contributed by atoms with Crippen molar-refractivity contribution in [1.29, 1.82) is 0 Å². The van der Waals surface area contributed by atoms with E-state index in [1.165, 1.54) is 24.4 Å². The monoisotopic (exact) mass is 224 g/mol. The van der Waals surface area contributed by atoms with Crippen LogP contribution in [-0.4, -0.2) is 10.3 Å². The predicted octanol–water partition coefficient (Wildman–Crippen LogP) is 2.97. The highest BCUT2D eigenvalue weighted by molar-refractivity contribution is 7.10. The zero-order valence-electron chi connectivity index (χ0n) is 9.17. The fraction of sp³-hybridized carbons (Fsp3) is 0.636. The summed E-state index contributed by atoms with van der Waals surface area (Å²) >= 11 is 1.34. The summed E-state index contributed by atoms with van der Waals surface area (Å²) in [5.41, 5.74) is 1.42. The highest BCUT2D eigenvalue weighted by Crippen LogP contribution is 2.48. The van der Waals surface area contributed by atoms with E-state index >= 15 is 0 Å². The first kappa shape index (κ1) is 10.6. The molecule has 0 radical (unpaired) electrons. The number of hydrogen-bond acceptors (Lipinski definition) is 3. The number of amides is 1. The van der Waals surface area contributed by atoms with E-state index in [0.717, 1.165) is 17.1 Å². The van der Waals surface area contributed by atoms with Crippen LogP contribution in [0.4, 0.5) is 5.00 Å². The standard InChI is InChI=1S/C11H16N2OS/c1-8-7-10(15-13-8)12-9(14)3-4-11(2)5-6-11/h7H,3-6H2,1-2H3,(H,12,14). The summed E-state index contributed by atoms with van der Waals surface area (Å²) in [5.74, 6) is 0.117. The molecule has 82 valence electrons. The largest absolute Gasteiger partial charge is 0.316 e. The first-order valence-electron chi connectivity index (χ1n) is 5.31. The molecule has 1 saturated carbocycles. The third-order valence-electron chi connectivity index (χ3n) is 2.95. The van der Waals surface area contributed by atoms with Crippen LogP contribution in [-0.2, 0) is 4.79 Å². The van der Waals surface area contributed by atoms with Crippen molar-refractivity contribution >= 4 is 22.4 Å². The van der Waals surface area contributed by atoms with Crippen molar-refractivity contribution in [3.63, 3.8) is 0 Å². The number of aromatic nitrogens is 1. The second-order valence-electron chi connectivity index (χ2n) is 4.69. The van der Waals surface area contributed by atoms with Gasteiger partial charge in [0, 0.05) is 6.42 Å². The molecule has 1 heterocycles. The minimum absolute atomic E-state index is 0.117. The Labute approximate surface area is 94.1 Å². The lowest BCUT2D eigenvalue weighted by molar-refractivity contribution is -0.116. The molecule has 0 saturated heterocycles. The molecule has 1 N–H and O–H groups in total. The van der Waals surface area contributed by atoms with Gasteiger partial charge in [0.1, 0.15) is 5.00 Å². The fourth-order valence-electron chi connectivity index (χ4n) is 1.50. The van der Waals surface area contributed by atoms with Crippen LogP contribution in [0.2, 0.25) is 0 Å². The molecule has 1 fully saturated rings. The van der Waals surface area contributed by atoms with E-state index in [4.69, 9.17) is 0 Å². The Balaban J connectivity index is 1.77. The highest BCUT2D eigenvalue weighted by atomic mass is 32.1. The number of anilines is 1. The molecule has 0 aromatic carbocycles. The maximum atomic E-state index is 11.6. The number of rotatable bonds is 4. The predicted molar refractivity (Wildman–Crippen MR) is 62.1 cm³/mol. The first-order chi connectivity index (χ1) is 7.07. The third kappa shape index (κ3) is 3.02. The molecule has 1 aromatic rings. The molecule has 0 bridgehead atoms. The Bertz CT molecular complexity index is 368. The second-order valence-corrected chi connectivity index (χ2v) is 5.50. The van der Waals surface area contributed by atoms with Gasteiger partial charge in [0.2, 0.25) is 5.91 Å². The molecule has 0 spiro atoms. The molecule has 0 unspecified atom stereocenters. The first-order valence-corrected chi connectivity index (χ1v) is 6.08. The highest BCUT2D eigenvalue weighted by Gasteiger charge is 2.36. The summed E-state index contributed by atoms with van der Waals surface area (Å²) < 4.78 is 4.12. The topological polar surface area (TPSA) is 42.0 Å². The number of nitrogens with one attached hydrogen (secondary N) is 1. The van der Waals surface area contributed by atoms with Crippen molar-refractivity contribution in [2.45, 2.75) is 39.5 Å². The van der Waals surface area contributed by atoms with Crippen LogP contribution in [0.3, 0.4) is 0 Å². The smallest absolute Gasteiger partial charge is 0.225 e. The minimum atomic E-state index is 0.117. The van der Waals surface area contributed by atoms with E-state index in [-0.39, 0.29) is 5.91 Å². The second kappa shape index (κ2) is 3.93. The van der Waals surface area contributed by atoms with Crippen LogP contribution in [0.1, 0.15) is 38.3 Å². The number of hydrogen-bond donors (Lipinski definition) is 1. The van der Waals surface area contributed by atoms with Crippen molar-refractivity contribution in [1.82, 2.24) is 4.37 Å². The summed E-state index contributed by atoms with van der Waals surface area (Å²) in [6, 6.07) is 1.90. The molecule has 1 aromatic heterocycles. The van der Waals surface area contributed by atoms with Gasteiger partial charge >= 0.3 is 0 Å². The molecule has 0 aliphatic heterocycles. The normalized spacial score (nSPS) is 17.5. The number of nitrogens with zero attached hydrogens (tertiary/aromatic N) is 1. The van der Waals surface area contributed by atoms with E-state index in [2.05, 4.69) is 16.6 Å². The SMILES string of the molecule is Cc1cc(NC(=O)CCC2(C)CC2)sn1. The van der Waals surface area contributed by atoms with Crippen LogP contribution in [0, 0.1) is 12.3 Å². The molecule has 1 aliphatic rings. The molecule has 2 rings (SSSR count). The summed E-state index contributed by atoms with van der Waals surface area (Å²) in [7, 11) is 0. The Kier molecular flexibility index (Phi) is 2.78. The van der Waals surface area contributed by atoms with Gasteiger partial charge in [-0.3, -0.25) is 4.79 Å². The van der Waals surface area contributed by atoms with Crippen molar-refractivity contribution in [3.05, 3.63) is 11.8 Å². The lowest BCUT2D eigenvalue weighted by Gasteiger charge is -2.06. The number of aryl methyl sites for hydroxylation is 1. The summed E-state index contributed by atoms with van der Waals surface area (Å²) in [6.45, 7) is 4.18. The van der Waals surface area contributed by atoms with Gasteiger partial charge in [-0.15, -0.1) is 0 Å². The van der Waals surface area contributed by atoms with Gasteiger partial charge in [-0.2, -0.15) is 4.37 Å². The average molecular weight is 224 g/mol. The number of carbonyl (C=O) groups is 1. The van der Waals surface area contributed by atoms with E-state index in [0.29, 0.717) is 11.8 Å². The zero-order chi connectivity index (χ0) is 10.9. The van der Waals surface area contributed by atoms with E-state index < -0.39 is 0 Å². The molecule has 15 heavy (non-hydrogen) atoms. The van der Waals surface area contributed by atoms with Crippen molar-refractivity contribution < 1.29 is 4.79 Å². The van der Waals surface area contributed by atoms with Crippen LogP contribution < -0.4 is 5.32 Å². The van der Waals surface area contributed by atoms with Crippen molar-refractivity contribution in [3.8, 4) is 0 Å². The van der Waals surface area contributed by atoms with Gasteiger partial charge in [0.25, 0.3) is 0 Å². The van der Waals surface area contributed by atoms with Crippen molar-refractivity contribution in [2.24, 2.45) is 5.41 Å². The lowest BCUT2D eigenvalue weighted by atomic mass is 10.0. The van der Waals surface area contributed by atoms with Crippen LogP contribution >= 0.6 is 11.5 Å². The molecule has 3 nitrogen and oxygen atoms in total. The van der Waals surface area contributed by atoms with E-state index in [1.54, 1.807) is 0 Å². The molecular formula is C11H16N2OS. The minimum Gasteiger partial charge on any atom is -0.316 e.